The second-order valence-corrected chi connectivity index (χ2v) is 5.85. The Labute approximate surface area is 135 Å². The van der Waals surface area contributed by atoms with Gasteiger partial charge in [0, 0.05) is 17.6 Å². The quantitative estimate of drug-likeness (QED) is 0.865. The van der Waals surface area contributed by atoms with Crippen LogP contribution in [0.3, 0.4) is 0 Å². The van der Waals surface area contributed by atoms with Crippen LogP contribution in [0.5, 0.6) is 0 Å². The van der Waals surface area contributed by atoms with Gasteiger partial charge in [-0.3, -0.25) is 18.7 Å². The van der Waals surface area contributed by atoms with Crippen molar-refractivity contribution in [2.75, 3.05) is 6.54 Å². The number of hydrogen-bond donors (Lipinski definition) is 1. The fourth-order valence-corrected chi connectivity index (χ4v) is 2.34. The van der Waals surface area contributed by atoms with E-state index in [1.807, 2.05) is 0 Å². The van der Waals surface area contributed by atoms with Crippen molar-refractivity contribution in [3.63, 3.8) is 0 Å². The molecule has 1 N–H and O–H groups in total. The van der Waals surface area contributed by atoms with Crippen LogP contribution in [0.2, 0.25) is 0 Å². The zero-order valence-electron chi connectivity index (χ0n) is 12.1. The maximum absolute atomic E-state index is 12.4. The van der Waals surface area contributed by atoms with Gasteiger partial charge in [0.1, 0.15) is 6.54 Å². The molecule has 0 aliphatic heterocycles. The van der Waals surface area contributed by atoms with Crippen LogP contribution >= 0.6 is 15.9 Å². The van der Waals surface area contributed by atoms with Gasteiger partial charge in [0.15, 0.2) is 0 Å². The first kappa shape index (κ1) is 16.2. The third-order valence-electron chi connectivity index (χ3n) is 3.23. The lowest BCUT2D eigenvalue weighted by Crippen LogP contribution is -2.42. The Balaban J connectivity index is 2.53. The average molecular weight is 366 g/mol. The lowest BCUT2D eigenvalue weighted by molar-refractivity contribution is -0.121. The maximum atomic E-state index is 12.4. The molecule has 0 radical (unpaired) electrons. The summed E-state index contributed by atoms with van der Waals surface area (Å²) in [7, 11) is 0. The summed E-state index contributed by atoms with van der Waals surface area (Å²) in [5, 5.41) is 3.06. The smallest absolute Gasteiger partial charge is 0.331 e. The van der Waals surface area contributed by atoms with Crippen LogP contribution in [0.25, 0.3) is 10.9 Å². The summed E-state index contributed by atoms with van der Waals surface area (Å²) in [6.07, 6.45) is 0. The van der Waals surface area contributed by atoms with Crippen molar-refractivity contribution >= 4 is 32.7 Å². The number of benzene rings is 1. The predicted octanol–water partition coefficient (Wildman–Crippen LogP) is 1.21. The van der Waals surface area contributed by atoms with Crippen molar-refractivity contribution in [1.82, 2.24) is 14.5 Å². The highest BCUT2D eigenvalue weighted by atomic mass is 79.9. The summed E-state index contributed by atoms with van der Waals surface area (Å²) in [5.74, 6) is -0.325. The molecule has 0 aliphatic carbocycles. The van der Waals surface area contributed by atoms with Gasteiger partial charge in [0.2, 0.25) is 5.91 Å². The number of nitrogens with one attached hydrogen (secondary N) is 1. The predicted molar refractivity (Wildman–Crippen MR) is 89.2 cm³/mol. The number of halogens is 1. The molecule has 0 fully saturated rings. The van der Waals surface area contributed by atoms with E-state index >= 15 is 0 Å². The lowest BCUT2D eigenvalue weighted by atomic mass is 10.2. The molecule has 2 rings (SSSR count). The zero-order valence-corrected chi connectivity index (χ0v) is 13.7. The normalized spacial score (nSPS) is 10.6. The zero-order chi connectivity index (χ0) is 16.3. The van der Waals surface area contributed by atoms with E-state index in [9.17, 15) is 14.4 Å². The molecule has 1 heterocycles. The average Bonchev–Trinajstić information content (AvgIpc) is 2.50. The van der Waals surface area contributed by atoms with Crippen LogP contribution in [-0.2, 0) is 17.9 Å². The number of hydrogen-bond acceptors (Lipinski definition) is 3. The maximum Gasteiger partial charge on any atom is 0.331 e. The van der Waals surface area contributed by atoms with Gasteiger partial charge in [0.05, 0.1) is 10.9 Å². The summed E-state index contributed by atoms with van der Waals surface area (Å²) in [6, 6.07) is 6.77. The molecule has 1 aromatic carbocycles. The summed E-state index contributed by atoms with van der Waals surface area (Å²) in [5.41, 5.74) is -0.373. The van der Waals surface area contributed by atoms with Gasteiger partial charge in [-0.25, -0.2) is 4.79 Å². The number of aromatic nitrogens is 2. The van der Waals surface area contributed by atoms with Gasteiger partial charge in [-0.2, -0.15) is 0 Å². The summed E-state index contributed by atoms with van der Waals surface area (Å²) in [6.45, 7) is 5.72. The molecule has 22 heavy (non-hydrogen) atoms. The molecular weight excluding hydrogens is 350 g/mol. The van der Waals surface area contributed by atoms with Crippen LogP contribution < -0.4 is 16.6 Å². The molecule has 0 spiro atoms. The fourth-order valence-electron chi connectivity index (χ4n) is 2.20. The minimum Gasteiger partial charge on any atom is -0.350 e. The van der Waals surface area contributed by atoms with Crippen LogP contribution in [0, 0.1) is 0 Å². The third-order valence-corrected chi connectivity index (χ3v) is 3.51. The first-order chi connectivity index (χ1) is 10.5. The summed E-state index contributed by atoms with van der Waals surface area (Å²) < 4.78 is 3.07. The number of amides is 1. The summed E-state index contributed by atoms with van der Waals surface area (Å²) in [4.78, 5) is 36.7. The van der Waals surface area contributed by atoms with Crippen LogP contribution in [0.15, 0.2) is 44.9 Å². The Morgan fingerprint density at radius 1 is 1.27 bits per heavy atom. The van der Waals surface area contributed by atoms with Crippen LogP contribution in [-0.4, -0.2) is 21.6 Å². The molecule has 116 valence electrons. The van der Waals surface area contributed by atoms with Gasteiger partial charge in [-0.1, -0.05) is 34.6 Å². The van der Waals surface area contributed by atoms with Crippen molar-refractivity contribution in [3.05, 3.63) is 56.2 Å². The Kier molecular flexibility index (Phi) is 4.97. The highest BCUT2D eigenvalue weighted by Crippen LogP contribution is 2.07. The molecule has 0 atom stereocenters. The van der Waals surface area contributed by atoms with Crippen LogP contribution in [0.1, 0.15) is 6.92 Å². The van der Waals surface area contributed by atoms with Crippen molar-refractivity contribution < 1.29 is 4.79 Å². The number of fused-ring (bicyclic) bond motifs is 1. The molecule has 0 unspecified atom stereocenters. The van der Waals surface area contributed by atoms with Crippen molar-refractivity contribution in [3.8, 4) is 0 Å². The van der Waals surface area contributed by atoms with Crippen LogP contribution in [0.4, 0.5) is 0 Å². The van der Waals surface area contributed by atoms with Gasteiger partial charge in [0.25, 0.3) is 5.56 Å². The standard InChI is InChI=1S/C15H16BrN3O3/c1-3-18-14(21)11-6-4-5-7-12(11)19(15(18)22)9-13(20)17-8-10(2)16/h4-7H,2-3,8-9H2,1H3,(H,17,20). The molecule has 0 saturated heterocycles. The number of carbonyl (C=O) groups is 1. The Bertz CT molecular complexity index is 851. The number of carbonyl (C=O) groups excluding carboxylic acids is 1. The molecular formula is C15H16BrN3O3. The number of nitrogens with zero attached hydrogens (tertiary/aromatic N) is 2. The van der Waals surface area contributed by atoms with Crippen molar-refractivity contribution in [2.45, 2.75) is 20.0 Å². The van der Waals surface area contributed by atoms with E-state index in [1.54, 1.807) is 31.2 Å². The molecule has 7 heteroatoms. The van der Waals surface area contributed by atoms with Crippen molar-refractivity contribution in [2.24, 2.45) is 0 Å². The first-order valence-corrected chi connectivity index (χ1v) is 7.57. The van der Waals surface area contributed by atoms with E-state index < -0.39 is 5.69 Å². The minimum absolute atomic E-state index is 0.153. The van der Waals surface area contributed by atoms with Gasteiger partial charge >= 0.3 is 5.69 Å². The SMILES string of the molecule is C=C(Br)CNC(=O)Cn1c(=O)n(CC)c(=O)c2ccccc21. The number of rotatable bonds is 5. The monoisotopic (exact) mass is 365 g/mol. The highest BCUT2D eigenvalue weighted by molar-refractivity contribution is 9.11. The molecule has 0 aliphatic rings. The molecule has 0 bridgehead atoms. The van der Waals surface area contributed by atoms with E-state index in [1.165, 1.54) is 4.57 Å². The van der Waals surface area contributed by atoms with E-state index in [0.29, 0.717) is 15.4 Å². The first-order valence-electron chi connectivity index (χ1n) is 6.78. The number of para-hydroxylation sites is 1. The Morgan fingerprint density at radius 3 is 2.59 bits per heavy atom. The van der Waals surface area contributed by atoms with E-state index in [2.05, 4.69) is 27.8 Å². The highest BCUT2D eigenvalue weighted by Gasteiger charge is 2.14. The lowest BCUT2D eigenvalue weighted by Gasteiger charge is -2.13. The van der Waals surface area contributed by atoms with Gasteiger partial charge < -0.3 is 5.32 Å². The fraction of sp³-hybridized carbons (Fsp3) is 0.267. The largest absolute Gasteiger partial charge is 0.350 e. The van der Waals surface area contributed by atoms with E-state index in [0.717, 1.165) is 4.57 Å². The molecule has 6 nitrogen and oxygen atoms in total. The molecule has 2 aromatic rings. The van der Waals surface area contributed by atoms with E-state index in [-0.39, 0.29) is 31.1 Å². The second kappa shape index (κ2) is 6.74. The van der Waals surface area contributed by atoms with Gasteiger partial charge in [-0.05, 0) is 19.1 Å². The second-order valence-electron chi connectivity index (χ2n) is 4.73. The summed E-state index contributed by atoms with van der Waals surface area (Å²) >= 11 is 3.15. The van der Waals surface area contributed by atoms with E-state index in [4.69, 9.17) is 0 Å². The minimum atomic E-state index is -0.487. The Morgan fingerprint density at radius 2 is 1.95 bits per heavy atom. The van der Waals surface area contributed by atoms with Gasteiger partial charge in [-0.15, -0.1) is 0 Å². The third kappa shape index (κ3) is 3.19. The molecule has 1 aromatic heterocycles. The molecule has 0 saturated carbocycles. The topological polar surface area (TPSA) is 73.1 Å². The molecule has 1 amide bonds. The van der Waals surface area contributed by atoms with Crippen molar-refractivity contribution in [1.29, 1.82) is 0 Å². The Hall–Kier alpha value is -2.15.